The zero-order valence-electron chi connectivity index (χ0n) is 29.8. The maximum Gasteiger partial charge on any atom is 0.0540 e. The standard InChI is InChI=1S/C52H33NS2/c1-2-13-35-30-37(27-26-34(35)12-1)36-14-9-16-40(31-36)53(41-17-10-15-38(32-41)43-21-11-22-46-44-19-4-8-25-50(44)55-52(43)46)48-23-6-3-18-42(48)39-28-29-51-47(33-39)45-20-5-7-24-49(45)54-51/h1-33H. The molecule has 0 saturated heterocycles. The summed E-state index contributed by atoms with van der Waals surface area (Å²) in [6.07, 6.45) is 0. The number of hydrogen-bond acceptors (Lipinski definition) is 3. The average Bonchev–Trinajstić information content (AvgIpc) is 3.82. The van der Waals surface area contributed by atoms with Gasteiger partial charge in [0.05, 0.1) is 5.69 Å². The van der Waals surface area contributed by atoms with Gasteiger partial charge in [-0.1, -0.05) is 140 Å². The molecular weight excluding hydrogens is 703 g/mol. The summed E-state index contributed by atoms with van der Waals surface area (Å²) in [5, 5.41) is 7.73. The van der Waals surface area contributed by atoms with Gasteiger partial charge in [0.25, 0.3) is 0 Å². The van der Waals surface area contributed by atoms with E-state index in [1.165, 1.54) is 84.5 Å². The number of para-hydroxylation sites is 1. The van der Waals surface area contributed by atoms with Crippen molar-refractivity contribution in [3.8, 4) is 33.4 Å². The predicted molar refractivity (Wildman–Crippen MR) is 241 cm³/mol. The van der Waals surface area contributed by atoms with E-state index in [1.54, 1.807) is 0 Å². The van der Waals surface area contributed by atoms with Crippen LogP contribution in [0.25, 0.3) is 84.5 Å². The van der Waals surface area contributed by atoms with Crippen molar-refractivity contribution in [1.82, 2.24) is 0 Å². The third-order valence-electron chi connectivity index (χ3n) is 10.8. The molecule has 0 bridgehead atoms. The highest BCUT2D eigenvalue weighted by atomic mass is 32.1. The SMILES string of the molecule is c1cc(-c2ccc3ccccc3c2)cc(N(c2cccc(-c3cccc4c3sc3ccccc34)c2)c2ccccc2-c2ccc3sc4ccccc4c3c2)c1. The molecule has 0 aliphatic carbocycles. The van der Waals surface area contributed by atoms with E-state index < -0.39 is 0 Å². The quantitative estimate of drug-likeness (QED) is 0.164. The largest absolute Gasteiger partial charge is 0.310 e. The van der Waals surface area contributed by atoms with Crippen molar-refractivity contribution in [3.05, 3.63) is 200 Å². The first-order valence-electron chi connectivity index (χ1n) is 18.7. The van der Waals surface area contributed by atoms with Gasteiger partial charge in [0.1, 0.15) is 0 Å². The van der Waals surface area contributed by atoms with E-state index in [4.69, 9.17) is 0 Å². The zero-order chi connectivity index (χ0) is 36.3. The fourth-order valence-electron chi connectivity index (χ4n) is 8.21. The molecule has 0 atom stereocenters. The van der Waals surface area contributed by atoms with E-state index in [-0.39, 0.29) is 0 Å². The Morgan fingerprint density at radius 3 is 1.73 bits per heavy atom. The average molecular weight is 736 g/mol. The van der Waals surface area contributed by atoms with Gasteiger partial charge in [0.15, 0.2) is 0 Å². The second kappa shape index (κ2) is 13.1. The minimum atomic E-state index is 1.11. The van der Waals surface area contributed by atoms with Gasteiger partial charge in [0, 0.05) is 57.3 Å². The lowest BCUT2D eigenvalue weighted by Crippen LogP contribution is -2.11. The normalized spacial score (nSPS) is 11.6. The molecule has 1 nitrogen and oxygen atoms in total. The minimum absolute atomic E-state index is 1.11. The fraction of sp³-hybridized carbons (Fsp3) is 0. The molecule has 11 rings (SSSR count). The number of nitrogens with zero attached hydrogens (tertiary/aromatic N) is 1. The van der Waals surface area contributed by atoms with E-state index in [0.29, 0.717) is 0 Å². The van der Waals surface area contributed by atoms with Crippen LogP contribution < -0.4 is 4.90 Å². The van der Waals surface area contributed by atoms with Crippen molar-refractivity contribution in [2.45, 2.75) is 0 Å². The lowest BCUT2D eigenvalue weighted by atomic mass is 9.97. The molecule has 2 heterocycles. The van der Waals surface area contributed by atoms with E-state index >= 15 is 0 Å². The summed E-state index contributed by atoms with van der Waals surface area (Å²) >= 11 is 3.74. The van der Waals surface area contributed by atoms with Crippen LogP contribution in [-0.2, 0) is 0 Å². The van der Waals surface area contributed by atoms with E-state index in [1.807, 2.05) is 22.7 Å². The highest BCUT2D eigenvalue weighted by molar-refractivity contribution is 7.26. The Balaban J connectivity index is 1.11. The van der Waals surface area contributed by atoms with Gasteiger partial charge < -0.3 is 4.90 Å². The Morgan fingerprint density at radius 1 is 0.309 bits per heavy atom. The summed E-state index contributed by atoms with van der Waals surface area (Å²) in [7, 11) is 0. The number of benzene rings is 9. The number of thiophene rings is 2. The Bertz CT molecular complexity index is 3240. The summed E-state index contributed by atoms with van der Waals surface area (Å²) in [5.74, 6) is 0. The summed E-state index contributed by atoms with van der Waals surface area (Å²) in [6, 6.07) is 73.6. The van der Waals surface area contributed by atoms with Crippen LogP contribution in [0.4, 0.5) is 17.1 Å². The second-order valence-electron chi connectivity index (χ2n) is 14.1. The number of anilines is 3. The smallest absolute Gasteiger partial charge is 0.0540 e. The van der Waals surface area contributed by atoms with Crippen LogP contribution in [0.15, 0.2) is 200 Å². The third-order valence-corrected chi connectivity index (χ3v) is 13.2. The molecule has 0 saturated carbocycles. The Morgan fingerprint density at radius 2 is 0.873 bits per heavy atom. The maximum atomic E-state index is 2.45. The first kappa shape index (κ1) is 32.0. The van der Waals surface area contributed by atoms with E-state index in [0.717, 1.165) is 17.1 Å². The van der Waals surface area contributed by atoms with Gasteiger partial charge in [-0.15, -0.1) is 22.7 Å². The molecule has 0 fully saturated rings. The molecule has 9 aromatic carbocycles. The first-order chi connectivity index (χ1) is 27.2. The van der Waals surface area contributed by atoms with Crippen LogP contribution in [0.1, 0.15) is 0 Å². The third kappa shape index (κ3) is 5.51. The van der Waals surface area contributed by atoms with Crippen LogP contribution >= 0.6 is 22.7 Å². The van der Waals surface area contributed by atoms with Gasteiger partial charge >= 0.3 is 0 Å². The summed E-state index contributed by atoms with van der Waals surface area (Å²) in [5.41, 5.74) is 10.6. The van der Waals surface area contributed by atoms with Gasteiger partial charge in [-0.25, -0.2) is 0 Å². The van der Waals surface area contributed by atoms with Crippen LogP contribution in [-0.4, -0.2) is 0 Å². The molecule has 258 valence electrons. The van der Waals surface area contributed by atoms with Crippen LogP contribution in [0.2, 0.25) is 0 Å². The molecule has 11 aromatic rings. The first-order valence-corrected chi connectivity index (χ1v) is 20.3. The molecular formula is C52H33NS2. The van der Waals surface area contributed by atoms with Crippen molar-refractivity contribution in [3.63, 3.8) is 0 Å². The molecule has 55 heavy (non-hydrogen) atoms. The number of fused-ring (bicyclic) bond motifs is 7. The van der Waals surface area contributed by atoms with Crippen molar-refractivity contribution < 1.29 is 0 Å². The monoisotopic (exact) mass is 735 g/mol. The van der Waals surface area contributed by atoms with Gasteiger partial charge in [0.2, 0.25) is 0 Å². The van der Waals surface area contributed by atoms with Crippen molar-refractivity contribution in [2.24, 2.45) is 0 Å². The van der Waals surface area contributed by atoms with Crippen molar-refractivity contribution in [2.75, 3.05) is 4.90 Å². The summed E-state index contributed by atoms with van der Waals surface area (Å²) < 4.78 is 5.27. The Kier molecular flexibility index (Phi) is 7.61. The molecule has 3 heteroatoms. The zero-order valence-corrected chi connectivity index (χ0v) is 31.4. The summed E-state index contributed by atoms with van der Waals surface area (Å²) in [6.45, 7) is 0. The van der Waals surface area contributed by atoms with Crippen LogP contribution in [0.3, 0.4) is 0 Å². The molecule has 2 aromatic heterocycles. The molecule has 0 aliphatic rings. The molecule has 0 aliphatic heterocycles. The predicted octanol–water partition coefficient (Wildman–Crippen LogP) is 16.0. The molecule has 0 amide bonds. The fourth-order valence-corrected chi connectivity index (χ4v) is 10.5. The van der Waals surface area contributed by atoms with E-state index in [2.05, 4.69) is 205 Å². The van der Waals surface area contributed by atoms with Crippen molar-refractivity contribution >= 4 is 90.9 Å². The molecule has 0 N–H and O–H groups in total. The molecule has 0 radical (unpaired) electrons. The topological polar surface area (TPSA) is 3.24 Å². The van der Waals surface area contributed by atoms with Gasteiger partial charge in [-0.3, -0.25) is 0 Å². The lowest BCUT2D eigenvalue weighted by molar-refractivity contribution is 1.28. The molecule has 0 unspecified atom stereocenters. The van der Waals surface area contributed by atoms with Crippen molar-refractivity contribution in [1.29, 1.82) is 0 Å². The molecule has 0 spiro atoms. The highest BCUT2D eigenvalue weighted by Gasteiger charge is 2.20. The number of rotatable bonds is 6. The summed E-state index contributed by atoms with van der Waals surface area (Å²) in [4.78, 5) is 2.45. The van der Waals surface area contributed by atoms with Crippen LogP contribution in [0.5, 0.6) is 0 Å². The minimum Gasteiger partial charge on any atom is -0.310 e. The Hall–Kier alpha value is -6.52. The number of hydrogen-bond donors (Lipinski definition) is 0. The van der Waals surface area contributed by atoms with Gasteiger partial charge in [-0.05, 0) is 99.3 Å². The van der Waals surface area contributed by atoms with Crippen LogP contribution in [0, 0.1) is 0 Å². The van der Waals surface area contributed by atoms with Gasteiger partial charge in [-0.2, -0.15) is 0 Å². The second-order valence-corrected chi connectivity index (χ2v) is 16.2. The van der Waals surface area contributed by atoms with E-state index in [9.17, 15) is 0 Å². The lowest BCUT2D eigenvalue weighted by Gasteiger charge is -2.29. The Labute approximate surface area is 327 Å². The maximum absolute atomic E-state index is 2.45. The highest BCUT2D eigenvalue weighted by Crippen LogP contribution is 2.46.